The molecule has 1 aromatic rings. The third kappa shape index (κ3) is 13.2. The molecule has 5 N–H and O–H groups in total. The number of Topliss-reactive ketones (excluding diaryl/α,β-unsaturated/α-hetero) is 2. The third-order valence-electron chi connectivity index (χ3n) is 5.61. The summed E-state index contributed by atoms with van der Waals surface area (Å²) in [7, 11) is 0. The molecule has 0 saturated carbocycles. The Bertz CT molecular complexity index is 953. The van der Waals surface area contributed by atoms with Gasteiger partial charge < -0.3 is 20.8 Å². The highest BCUT2D eigenvalue weighted by molar-refractivity contribution is 5.91. The predicted octanol–water partition coefficient (Wildman–Crippen LogP) is 0.926. The number of ketones is 2. The van der Waals surface area contributed by atoms with Crippen molar-refractivity contribution >= 4 is 35.3 Å². The van der Waals surface area contributed by atoms with E-state index in [1.807, 2.05) is 0 Å². The number of H-pyrrole nitrogens is 1. The number of hydrogen-bond acceptors (Lipinski definition) is 9. The van der Waals surface area contributed by atoms with Crippen LogP contribution in [0.25, 0.3) is 0 Å². The number of aliphatic carboxylic acids is 2. The van der Waals surface area contributed by atoms with Crippen molar-refractivity contribution in [2.75, 3.05) is 6.54 Å². The molecule has 0 spiro atoms. The lowest BCUT2D eigenvalue weighted by molar-refractivity contribution is -0.142. The summed E-state index contributed by atoms with van der Waals surface area (Å²) in [6.07, 6.45) is 0.562. The number of aromatic nitrogens is 4. The van der Waals surface area contributed by atoms with Crippen LogP contribution in [0, 0.1) is 11.3 Å². The monoisotopic (exact) mass is 528 g/mol. The topological polar surface area (TPSA) is 221 Å². The standard InChI is InChI=1S/C23H36N6O8.2H2/c1-23(2,3)17(31)12-14(16(30)8-10-21(34)35)6-4-5-11-24-19(32)9-7-15(22(36)37)25-20(33)13-18-26-28-29-27-18;;/h14-15H,4-13H2,1-3H3,(H,24,32)(H,25,33)(H,34,35)(H,36,37)(H,26,27,28,29);2*1H/t14-,15?;;/m1../s1. The van der Waals surface area contributed by atoms with Gasteiger partial charge in [-0.15, -0.1) is 10.2 Å². The number of aromatic amines is 1. The maximum atomic E-state index is 12.5. The van der Waals surface area contributed by atoms with Crippen molar-refractivity contribution in [3.63, 3.8) is 0 Å². The van der Waals surface area contributed by atoms with E-state index in [-0.39, 0.29) is 65.3 Å². The lowest BCUT2D eigenvalue weighted by atomic mass is 9.81. The molecule has 0 aliphatic carbocycles. The van der Waals surface area contributed by atoms with Crippen LogP contribution in [-0.2, 0) is 35.2 Å². The highest BCUT2D eigenvalue weighted by Gasteiger charge is 2.28. The number of nitrogens with zero attached hydrogens (tertiary/aromatic N) is 3. The molecule has 14 heteroatoms. The molecule has 2 atom stereocenters. The van der Waals surface area contributed by atoms with Crippen LogP contribution in [0.4, 0.5) is 0 Å². The van der Waals surface area contributed by atoms with Crippen LogP contribution in [-0.4, -0.2) is 78.7 Å². The molecule has 1 aromatic heterocycles. The molecule has 1 heterocycles. The van der Waals surface area contributed by atoms with E-state index < -0.39 is 41.1 Å². The van der Waals surface area contributed by atoms with Gasteiger partial charge in [-0.3, -0.25) is 24.0 Å². The van der Waals surface area contributed by atoms with Crippen molar-refractivity contribution < 1.29 is 41.8 Å². The number of carbonyl (C=O) groups excluding carboxylic acids is 4. The lowest BCUT2D eigenvalue weighted by Crippen LogP contribution is -2.42. The van der Waals surface area contributed by atoms with Crippen LogP contribution in [0.15, 0.2) is 0 Å². The predicted molar refractivity (Wildman–Crippen MR) is 132 cm³/mol. The van der Waals surface area contributed by atoms with Crippen molar-refractivity contribution in [3.05, 3.63) is 5.82 Å². The van der Waals surface area contributed by atoms with E-state index in [1.54, 1.807) is 20.8 Å². The summed E-state index contributed by atoms with van der Waals surface area (Å²) in [6.45, 7) is 5.57. The van der Waals surface area contributed by atoms with E-state index in [2.05, 4.69) is 31.3 Å². The summed E-state index contributed by atoms with van der Waals surface area (Å²) >= 11 is 0. The van der Waals surface area contributed by atoms with Gasteiger partial charge in [-0.05, 0) is 19.3 Å². The third-order valence-corrected chi connectivity index (χ3v) is 5.61. The Morgan fingerprint density at radius 3 is 2.24 bits per heavy atom. The first-order valence-corrected chi connectivity index (χ1v) is 12.1. The fourth-order valence-electron chi connectivity index (χ4n) is 3.35. The Kier molecular flexibility index (Phi) is 13.0. The summed E-state index contributed by atoms with van der Waals surface area (Å²) in [6, 6.07) is -1.26. The zero-order valence-corrected chi connectivity index (χ0v) is 21.4. The highest BCUT2D eigenvalue weighted by Crippen LogP contribution is 2.24. The fraction of sp³-hybridized carbons (Fsp3) is 0.696. The van der Waals surface area contributed by atoms with E-state index in [1.165, 1.54) is 0 Å². The van der Waals surface area contributed by atoms with Crippen LogP contribution in [0.1, 0.15) is 80.8 Å². The van der Waals surface area contributed by atoms with Crippen LogP contribution < -0.4 is 10.6 Å². The maximum Gasteiger partial charge on any atom is 0.326 e. The average molecular weight is 529 g/mol. The molecule has 0 aliphatic heterocycles. The molecule has 0 saturated heterocycles. The molecule has 210 valence electrons. The van der Waals surface area contributed by atoms with Crippen molar-refractivity contribution in [1.29, 1.82) is 0 Å². The molecule has 1 rings (SSSR count). The number of carbonyl (C=O) groups is 6. The molecule has 14 nitrogen and oxygen atoms in total. The Morgan fingerprint density at radius 1 is 0.973 bits per heavy atom. The van der Waals surface area contributed by atoms with Gasteiger partial charge in [0.25, 0.3) is 0 Å². The van der Waals surface area contributed by atoms with Crippen LogP contribution >= 0.6 is 0 Å². The Morgan fingerprint density at radius 2 is 1.68 bits per heavy atom. The summed E-state index contributed by atoms with van der Waals surface area (Å²) in [5.41, 5.74) is -0.611. The average Bonchev–Trinajstić information content (AvgIpc) is 3.30. The maximum absolute atomic E-state index is 12.5. The number of unbranched alkanes of at least 4 members (excludes halogenated alkanes) is 1. The summed E-state index contributed by atoms with van der Waals surface area (Å²) in [4.78, 5) is 71.2. The molecule has 0 aliphatic rings. The van der Waals surface area contributed by atoms with Crippen LogP contribution in [0.3, 0.4) is 0 Å². The van der Waals surface area contributed by atoms with Gasteiger partial charge in [0.2, 0.25) is 11.8 Å². The lowest BCUT2D eigenvalue weighted by Gasteiger charge is -2.21. The van der Waals surface area contributed by atoms with E-state index in [4.69, 9.17) is 5.11 Å². The molecule has 2 amide bonds. The molecule has 0 bridgehead atoms. The number of amides is 2. The number of rotatable bonds is 18. The number of carboxylic acid groups (broad SMARTS) is 2. The number of hydrogen-bond donors (Lipinski definition) is 5. The second-order valence-corrected chi connectivity index (χ2v) is 9.78. The van der Waals surface area contributed by atoms with Gasteiger partial charge >= 0.3 is 11.9 Å². The van der Waals surface area contributed by atoms with Crippen molar-refractivity contribution in [2.24, 2.45) is 11.3 Å². The van der Waals surface area contributed by atoms with Gasteiger partial charge in [0.15, 0.2) is 5.82 Å². The Hall–Kier alpha value is -3.71. The van der Waals surface area contributed by atoms with Crippen molar-refractivity contribution in [2.45, 2.75) is 84.6 Å². The number of carboxylic acids is 2. The van der Waals surface area contributed by atoms with Gasteiger partial charge in [-0.1, -0.05) is 32.4 Å². The smallest absolute Gasteiger partial charge is 0.326 e. The van der Waals surface area contributed by atoms with E-state index in [9.17, 15) is 33.9 Å². The minimum absolute atomic E-state index is 0. The van der Waals surface area contributed by atoms with Crippen molar-refractivity contribution in [3.8, 4) is 0 Å². The van der Waals surface area contributed by atoms with Gasteiger partial charge in [0.1, 0.15) is 17.6 Å². The SMILES string of the molecule is CC(C)(C)C(=O)C[C@@H](CCCCNC(=O)CCC(NC(=O)Cc1nn[nH]n1)C(=O)O)C(=O)CCC(=O)O.[HH].[HH]. The molecule has 1 unspecified atom stereocenters. The highest BCUT2D eigenvalue weighted by atomic mass is 16.4. The summed E-state index contributed by atoms with van der Waals surface area (Å²) < 4.78 is 0. The minimum atomic E-state index is -1.28. The summed E-state index contributed by atoms with van der Waals surface area (Å²) in [5, 5.41) is 35.8. The second-order valence-electron chi connectivity index (χ2n) is 9.78. The van der Waals surface area contributed by atoms with Gasteiger partial charge in [-0.25, -0.2) is 4.79 Å². The zero-order valence-electron chi connectivity index (χ0n) is 21.4. The fourth-order valence-corrected chi connectivity index (χ4v) is 3.35. The van der Waals surface area contributed by atoms with Crippen LogP contribution in [0.5, 0.6) is 0 Å². The van der Waals surface area contributed by atoms with Gasteiger partial charge in [0.05, 0.1) is 12.8 Å². The normalized spacial score (nSPS) is 12.8. The first kappa shape index (κ1) is 31.3. The Labute approximate surface area is 217 Å². The first-order chi connectivity index (χ1) is 17.3. The molecular weight excluding hydrogens is 488 g/mol. The molecule has 37 heavy (non-hydrogen) atoms. The van der Waals surface area contributed by atoms with Crippen molar-refractivity contribution in [1.82, 2.24) is 31.3 Å². The quantitative estimate of drug-likeness (QED) is 0.168. The molecular formula is C23H40N6O8. The van der Waals surface area contributed by atoms with E-state index >= 15 is 0 Å². The second kappa shape index (κ2) is 15.4. The summed E-state index contributed by atoms with van der Waals surface area (Å²) in [5.74, 6) is -4.17. The van der Waals surface area contributed by atoms with E-state index in [0.717, 1.165) is 0 Å². The zero-order chi connectivity index (χ0) is 28.0. The van der Waals surface area contributed by atoms with Gasteiger partial charge in [-0.2, -0.15) is 5.21 Å². The van der Waals surface area contributed by atoms with Crippen LogP contribution in [0.2, 0.25) is 0 Å². The minimum Gasteiger partial charge on any atom is -0.481 e. The number of nitrogens with one attached hydrogen (secondary N) is 3. The first-order valence-electron chi connectivity index (χ1n) is 12.1. The largest absolute Gasteiger partial charge is 0.481 e. The number of tetrazole rings is 1. The van der Waals surface area contributed by atoms with Gasteiger partial charge in [0, 0.05) is 40.0 Å². The molecule has 0 fully saturated rings. The van der Waals surface area contributed by atoms with E-state index in [0.29, 0.717) is 19.3 Å². The molecule has 0 aromatic carbocycles. The molecule has 0 radical (unpaired) electrons. The Balaban J connectivity index is 0.